The molecule has 0 amide bonds. The van der Waals surface area contributed by atoms with Crippen molar-refractivity contribution in [3.8, 4) is 0 Å². The van der Waals surface area contributed by atoms with Gasteiger partial charge < -0.3 is 10.2 Å². The van der Waals surface area contributed by atoms with E-state index in [0.29, 0.717) is 6.04 Å². The molecule has 2 nitrogen and oxygen atoms in total. The lowest BCUT2D eigenvalue weighted by Gasteiger charge is -2.37. The minimum absolute atomic E-state index is 0.426. The van der Waals surface area contributed by atoms with Crippen LogP contribution in [0.25, 0.3) is 0 Å². The summed E-state index contributed by atoms with van der Waals surface area (Å²) in [6.07, 6.45) is 3.90. The van der Waals surface area contributed by atoms with Crippen LogP contribution in [0.2, 0.25) is 0 Å². The van der Waals surface area contributed by atoms with Crippen LogP contribution in [0.3, 0.4) is 0 Å². The van der Waals surface area contributed by atoms with Gasteiger partial charge in [0.15, 0.2) is 0 Å². The van der Waals surface area contributed by atoms with Gasteiger partial charge in [-0.25, -0.2) is 0 Å². The average Bonchev–Trinajstić information content (AvgIpc) is 2.45. The fraction of sp³-hybridized carbons (Fsp3) is 0.647. The number of hydrogen-bond donors (Lipinski definition) is 1. The monoisotopic (exact) mass is 338 g/mol. The largest absolute Gasteiger partial charge is 0.313 e. The summed E-state index contributed by atoms with van der Waals surface area (Å²) in [5, 5.41) is 3.47. The van der Waals surface area contributed by atoms with Gasteiger partial charge in [-0.1, -0.05) is 41.1 Å². The second kappa shape index (κ2) is 7.58. The van der Waals surface area contributed by atoms with Gasteiger partial charge >= 0.3 is 0 Å². The Morgan fingerprint density at radius 2 is 2.05 bits per heavy atom. The van der Waals surface area contributed by atoms with Crippen molar-refractivity contribution in [1.82, 2.24) is 10.2 Å². The van der Waals surface area contributed by atoms with E-state index in [0.717, 1.165) is 18.4 Å². The van der Waals surface area contributed by atoms with E-state index < -0.39 is 0 Å². The standard InChI is InChI=1S/C17H27BrN2/c1-13-8-9-14(2)20(12-13)11-10-17(19-3)15-6-4-5-7-16(15)18/h4-7,13-14,17,19H,8-12H2,1-3H3. The Kier molecular flexibility index (Phi) is 6.06. The molecule has 0 bridgehead atoms. The molecule has 0 radical (unpaired) electrons. The van der Waals surface area contributed by atoms with Crippen molar-refractivity contribution < 1.29 is 0 Å². The second-order valence-electron chi connectivity index (χ2n) is 6.18. The molecule has 1 aromatic rings. The van der Waals surface area contributed by atoms with Crippen LogP contribution in [0, 0.1) is 5.92 Å². The van der Waals surface area contributed by atoms with Crippen LogP contribution in [0.1, 0.15) is 44.7 Å². The quantitative estimate of drug-likeness (QED) is 0.864. The summed E-state index contributed by atoms with van der Waals surface area (Å²) in [6, 6.07) is 9.71. The van der Waals surface area contributed by atoms with Gasteiger partial charge in [-0.05, 0) is 50.8 Å². The minimum Gasteiger partial charge on any atom is -0.313 e. The maximum atomic E-state index is 3.67. The van der Waals surface area contributed by atoms with Gasteiger partial charge in [0.05, 0.1) is 0 Å². The molecule has 0 spiro atoms. The number of hydrogen-bond acceptors (Lipinski definition) is 2. The van der Waals surface area contributed by atoms with Crippen molar-refractivity contribution in [3.05, 3.63) is 34.3 Å². The highest BCUT2D eigenvalue weighted by Crippen LogP contribution is 2.27. The fourth-order valence-corrected chi connectivity index (χ4v) is 3.76. The van der Waals surface area contributed by atoms with E-state index in [1.54, 1.807) is 0 Å². The van der Waals surface area contributed by atoms with Crippen LogP contribution in [-0.2, 0) is 0 Å². The van der Waals surface area contributed by atoms with Crippen LogP contribution >= 0.6 is 15.9 Å². The Morgan fingerprint density at radius 1 is 1.30 bits per heavy atom. The lowest BCUT2D eigenvalue weighted by atomic mass is 9.94. The smallest absolute Gasteiger partial charge is 0.0340 e. The van der Waals surface area contributed by atoms with Gasteiger partial charge in [-0.3, -0.25) is 0 Å². The molecule has 112 valence electrons. The zero-order valence-corrected chi connectivity index (χ0v) is 14.5. The Morgan fingerprint density at radius 3 is 2.75 bits per heavy atom. The zero-order valence-electron chi connectivity index (χ0n) is 12.9. The number of benzene rings is 1. The zero-order chi connectivity index (χ0) is 14.5. The highest BCUT2D eigenvalue weighted by atomic mass is 79.9. The van der Waals surface area contributed by atoms with Crippen LogP contribution in [-0.4, -0.2) is 31.1 Å². The molecule has 0 saturated carbocycles. The molecular formula is C17H27BrN2. The average molecular weight is 339 g/mol. The Balaban J connectivity index is 1.95. The van der Waals surface area contributed by atoms with Crippen molar-refractivity contribution in [2.75, 3.05) is 20.1 Å². The second-order valence-corrected chi connectivity index (χ2v) is 7.03. The molecule has 1 aliphatic rings. The van der Waals surface area contributed by atoms with E-state index in [1.165, 1.54) is 36.0 Å². The van der Waals surface area contributed by atoms with E-state index in [9.17, 15) is 0 Å². The molecule has 1 aromatic carbocycles. The summed E-state index contributed by atoms with van der Waals surface area (Å²) in [5.74, 6) is 0.850. The summed E-state index contributed by atoms with van der Waals surface area (Å²) in [7, 11) is 2.06. The van der Waals surface area contributed by atoms with Crippen LogP contribution < -0.4 is 5.32 Å². The molecule has 0 aliphatic carbocycles. The normalized spacial score (nSPS) is 25.6. The molecule has 0 aromatic heterocycles. The van der Waals surface area contributed by atoms with Gasteiger partial charge in [-0.2, -0.15) is 0 Å². The van der Waals surface area contributed by atoms with Gasteiger partial charge in [0, 0.05) is 29.6 Å². The number of piperidine rings is 1. The summed E-state index contributed by atoms with van der Waals surface area (Å²) in [6.45, 7) is 7.19. The molecule has 20 heavy (non-hydrogen) atoms. The third-order valence-corrected chi connectivity index (χ3v) is 5.30. The molecule has 3 unspecified atom stereocenters. The minimum atomic E-state index is 0.426. The Labute approximate surface area is 132 Å². The maximum Gasteiger partial charge on any atom is 0.0340 e. The summed E-state index contributed by atoms with van der Waals surface area (Å²) >= 11 is 3.67. The Bertz CT molecular complexity index is 421. The SMILES string of the molecule is CNC(CCN1CC(C)CCC1C)c1ccccc1Br. The predicted molar refractivity (Wildman–Crippen MR) is 90.0 cm³/mol. The van der Waals surface area contributed by atoms with Crippen molar-refractivity contribution in [3.63, 3.8) is 0 Å². The molecule has 3 heteroatoms. The molecule has 3 atom stereocenters. The van der Waals surface area contributed by atoms with Gasteiger partial charge in [0.2, 0.25) is 0 Å². The third-order valence-electron chi connectivity index (χ3n) is 4.58. The first-order valence-electron chi connectivity index (χ1n) is 7.77. The molecule has 1 saturated heterocycles. The molecular weight excluding hydrogens is 312 g/mol. The molecule has 1 heterocycles. The van der Waals surface area contributed by atoms with E-state index in [2.05, 4.69) is 71.3 Å². The van der Waals surface area contributed by atoms with Crippen molar-refractivity contribution in [2.45, 2.75) is 45.2 Å². The predicted octanol–water partition coefficient (Wildman–Crippen LogP) is 4.22. The highest BCUT2D eigenvalue weighted by Gasteiger charge is 2.23. The maximum absolute atomic E-state index is 3.67. The molecule has 2 rings (SSSR count). The van der Waals surface area contributed by atoms with E-state index in [4.69, 9.17) is 0 Å². The highest BCUT2D eigenvalue weighted by molar-refractivity contribution is 9.10. The van der Waals surface area contributed by atoms with E-state index in [1.807, 2.05) is 0 Å². The van der Waals surface area contributed by atoms with Gasteiger partial charge in [-0.15, -0.1) is 0 Å². The fourth-order valence-electron chi connectivity index (χ4n) is 3.20. The van der Waals surface area contributed by atoms with E-state index in [-0.39, 0.29) is 0 Å². The van der Waals surface area contributed by atoms with Crippen molar-refractivity contribution in [2.24, 2.45) is 5.92 Å². The summed E-state index contributed by atoms with van der Waals surface area (Å²) < 4.78 is 1.21. The lowest BCUT2D eigenvalue weighted by molar-refractivity contribution is 0.119. The number of rotatable bonds is 5. The first-order valence-corrected chi connectivity index (χ1v) is 8.57. The van der Waals surface area contributed by atoms with Crippen LogP contribution in [0.4, 0.5) is 0 Å². The number of nitrogens with one attached hydrogen (secondary N) is 1. The van der Waals surface area contributed by atoms with Crippen molar-refractivity contribution >= 4 is 15.9 Å². The first kappa shape index (κ1) is 16.0. The molecule has 1 fully saturated rings. The van der Waals surface area contributed by atoms with Crippen molar-refractivity contribution in [1.29, 1.82) is 0 Å². The molecule has 1 N–H and O–H groups in total. The molecule has 1 aliphatic heterocycles. The van der Waals surface area contributed by atoms with Crippen LogP contribution in [0.5, 0.6) is 0 Å². The van der Waals surface area contributed by atoms with E-state index >= 15 is 0 Å². The van der Waals surface area contributed by atoms with Crippen LogP contribution in [0.15, 0.2) is 28.7 Å². The van der Waals surface area contributed by atoms with Gasteiger partial charge in [0.1, 0.15) is 0 Å². The first-order chi connectivity index (χ1) is 9.61. The summed E-state index contributed by atoms with van der Waals surface area (Å²) in [4.78, 5) is 2.66. The third kappa shape index (κ3) is 4.06. The van der Waals surface area contributed by atoms with Gasteiger partial charge in [0.25, 0.3) is 0 Å². The topological polar surface area (TPSA) is 15.3 Å². The summed E-state index contributed by atoms with van der Waals surface area (Å²) in [5.41, 5.74) is 1.37. The number of halogens is 1. The number of likely N-dealkylation sites (tertiary alicyclic amines) is 1. The number of nitrogens with zero attached hydrogens (tertiary/aromatic N) is 1. The Hall–Kier alpha value is -0.380. The lowest BCUT2D eigenvalue weighted by Crippen LogP contribution is -2.42.